The molecule has 0 bridgehead atoms. The number of fused-ring (bicyclic) bond motifs is 1. The predicted molar refractivity (Wildman–Crippen MR) is 98.8 cm³/mol. The lowest BCUT2D eigenvalue weighted by molar-refractivity contribution is 0.0544. The van der Waals surface area contributed by atoms with Gasteiger partial charge in [0.1, 0.15) is 18.1 Å². The summed E-state index contributed by atoms with van der Waals surface area (Å²) in [6.45, 7) is 8.07. The van der Waals surface area contributed by atoms with E-state index >= 15 is 0 Å². The van der Waals surface area contributed by atoms with Crippen LogP contribution in [0.3, 0.4) is 0 Å². The van der Waals surface area contributed by atoms with Crippen molar-refractivity contribution in [3.05, 3.63) is 29.5 Å². The van der Waals surface area contributed by atoms with Crippen LogP contribution in [0.4, 0.5) is 0 Å². The maximum Gasteiger partial charge on any atom is 0.352 e. The summed E-state index contributed by atoms with van der Waals surface area (Å²) in [4.78, 5) is 11.3. The summed E-state index contributed by atoms with van der Waals surface area (Å²) >= 11 is 0. The minimum absolute atomic E-state index is 0.273. The van der Waals surface area contributed by atoms with Crippen molar-refractivity contribution in [2.45, 2.75) is 27.2 Å². The van der Waals surface area contributed by atoms with Crippen LogP contribution < -0.4 is 4.74 Å². The van der Waals surface area contributed by atoms with Crippen molar-refractivity contribution in [1.82, 2.24) is 4.57 Å². The molecule has 0 saturated heterocycles. The molecule has 0 fully saturated rings. The van der Waals surface area contributed by atoms with Gasteiger partial charge in [-0.25, -0.2) is 4.79 Å². The lowest BCUT2D eigenvalue weighted by Gasteiger charge is -2.10. The molecule has 1 N–H and O–H groups in total. The average Bonchev–Trinajstić information content (AvgIpc) is 2.96. The van der Waals surface area contributed by atoms with Gasteiger partial charge < -0.3 is 23.9 Å². The van der Waals surface area contributed by atoms with Crippen LogP contribution in [0.2, 0.25) is 0 Å². The van der Waals surface area contributed by atoms with Gasteiger partial charge >= 0.3 is 5.97 Å². The third-order valence-corrected chi connectivity index (χ3v) is 3.71. The molecule has 2 aromatic rings. The van der Waals surface area contributed by atoms with Crippen molar-refractivity contribution in [2.75, 3.05) is 33.5 Å². The number of carboxylic acids is 1. The number of hydrogen-bond acceptors (Lipinski definition) is 4. The largest absolute Gasteiger partial charge is 0.491 e. The van der Waals surface area contributed by atoms with Crippen LogP contribution in [0.15, 0.2) is 18.2 Å². The summed E-state index contributed by atoms with van der Waals surface area (Å²) in [6.07, 6.45) is 0.801. The van der Waals surface area contributed by atoms with Gasteiger partial charge in [-0.2, -0.15) is 0 Å². The fraction of sp³-hybridized carbons (Fsp3) is 0.526. The number of rotatable bonds is 9. The fourth-order valence-corrected chi connectivity index (χ4v) is 2.59. The van der Waals surface area contributed by atoms with E-state index in [0.29, 0.717) is 26.4 Å². The maximum absolute atomic E-state index is 11.3. The number of hydrogen-bond donors (Lipinski definition) is 1. The van der Waals surface area contributed by atoms with Gasteiger partial charge in [0.15, 0.2) is 0 Å². The average molecular weight is 351 g/mol. The molecule has 0 amide bonds. The Kier molecular flexibility index (Phi) is 9.02. The van der Waals surface area contributed by atoms with E-state index in [-0.39, 0.29) is 5.69 Å². The molecular formula is C19H29NO5. The maximum atomic E-state index is 11.3. The second-order valence-electron chi connectivity index (χ2n) is 5.22. The van der Waals surface area contributed by atoms with E-state index in [1.54, 1.807) is 24.8 Å². The molecule has 0 saturated carbocycles. The smallest absolute Gasteiger partial charge is 0.352 e. The van der Waals surface area contributed by atoms with E-state index in [1.165, 1.54) is 0 Å². The van der Waals surface area contributed by atoms with Crippen molar-refractivity contribution in [3.63, 3.8) is 0 Å². The van der Waals surface area contributed by atoms with Crippen molar-refractivity contribution in [2.24, 2.45) is 7.05 Å². The van der Waals surface area contributed by atoms with Gasteiger partial charge in [-0.05, 0) is 30.2 Å². The number of benzene rings is 1. The Hall–Kier alpha value is -2.05. The minimum atomic E-state index is -0.931. The lowest BCUT2D eigenvalue weighted by atomic mass is 10.1. The van der Waals surface area contributed by atoms with Gasteiger partial charge in [0.2, 0.25) is 0 Å². The number of carbonyl (C=O) groups is 1. The first-order valence-electron chi connectivity index (χ1n) is 8.63. The molecule has 0 radical (unpaired) electrons. The van der Waals surface area contributed by atoms with E-state index < -0.39 is 5.97 Å². The van der Waals surface area contributed by atoms with Gasteiger partial charge in [0, 0.05) is 19.5 Å². The van der Waals surface area contributed by atoms with E-state index in [4.69, 9.17) is 14.2 Å². The van der Waals surface area contributed by atoms with Crippen molar-refractivity contribution in [3.8, 4) is 5.75 Å². The molecule has 0 aliphatic carbocycles. The van der Waals surface area contributed by atoms with E-state index in [9.17, 15) is 9.90 Å². The molecular weight excluding hydrogens is 322 g/mol. The van der Waals surface area contributed by atoms with E-state index in [1.807, 2.05) is 32.9 Å². The molecule has 0 spiro atoms. The first-order chi connectivity index (χ1) is 12.1. The Labute approximate surface area is 149 Å². The van der Waals surface area contributed by atoms with Crippen LogP contribution in [0.1, 0.15) is 36.8 Å². The fourth-order valence-electron chi connectivity index (χ4n) is 2.59. The van der Waals surface area contributed by atoms with Gasteiger partial charge in [-0.3, -0.25) is 0 Å². The summed E-state index contributed by atoms with van der Waals surface area (Å²) < 4.78 is 17.7. The second-order valence-corrected chi connectivity index (χ2v) is 5.22. The van der Waals surface area contributed by atoms with Crippen LogP contribution in [-0.2, 0) is 22.9 Å². The molecule has 0 unspecified atom stereocenters. The van der Waals surface area contributed by atoms with E-state index in [0.717, 1.165) is 28.6 Å². The first kappa shape index (κ1) is 21.0. The Bertz CT molecular complexity index is 678. The summed E-state index contributed by atoms with van der Waals surface area (Å²) in [5.74, 6) is -0.202. The number of methoxy groups -OCH3 is 1. The quantitative estimate of drug-likeness (QED) is 0.700. The van der Waals surface area contributed by atoms with Crippen LogP contribution in [0.25, 0.3) is 10.9 Å². The minimum Gasteiger partial charge on any atom is -0.491 e. The van der Waals surface area contributed by atoms with Crippen LogP contribution >= 0.6 is 0 Å². The zero-order valence-corrected chi connectivity index (χ0v) is 15.8. The topological polar surface area (TPSA) is 69.9 Å². The Morgan fingerprint density at radius 2 is 1.80 bits per heavy atom. The van der Waals surface area contributed by atoms with Crippen molar-refractivity contribution in [1.29, 1.82) is 0 Å². The highest BCUT2D eigenvalue weighted by molar-refractivity contribution is 5.96. The summed E-state index contributed by atoms with van der Waals surface area (Å²) in [6, 6.07) is 5.51. The second kappa shape index (κ2) is 10.7. The van der Waals surface area contributed by atoms with Gasteiger partial charge in [0.05, 0.1) is 25.3 Å². The molecule has 25 heavy (non-hydrogen) atoms. The molecule has 1 heterocycles. The zero-order valence-electron chi connectivity index (χ0n) is 15.8. The first-order valence-corrected chi connectivity index (χ1v) is 8.63. The molecule has 1 aromatic heterocycles. The molecule has 6 nitrogen and oxygen atoms in total. The summed E-state index contributed by atoms with van der Waals surface area (Å²) in [5.41, 5.74) is 2.27. The van der Waals surface area contributed by atoms with Crippen LogP contribution in [0, 0.1) is 0 Å². The number of aryl methyl sites for hydroxylation is 2. The number of aromatic nitrogens is 1. The van der Waals surface area contributed by atoms with Gasteiger partial charge in [-0.15, -0.1) is 0 Å². The molecule has 0 atom stereocenters. The van der Waals surface area contributed by atoms with Crippen LogP contribution in [-0.4, -0.2) is 49.2 Å². The van der Waals surface area contributed by atoms with Gasteiger partial charge in [-0.1, -0.05) is 20.8 Å². The standard InChI is InChI=1S/C17H23NO5.C2H6/c1-4-12-9-14(23-8-7-22-6-5-21-3)10-13-11-15(17(19)20)18(2)16(12)13;1-2/h9-11H,4-8H2,1-3H3,(H,19,20);1-2H3. The summed E-state index contributed by atoms with van der Waals surface area (Å²) in [7, 11) is 3.40. The number of nitrogens with zero attached hydrogens (tertiary/aromatic N) is 1. The number of ether oxygens (including phenoxy) is 3. The molecule has 6 heteroatoms. The van der Waals surface area contributed by atoms with Crippen LogP contribution in [0.5, 0.6) is 5.75 Å². The predicted octanol–water partition coefficient (Wildman–Crippen LogP) is 3.51. The molecule has 1 aromatic carbocycles. The Morgan fingerprint density at radius 3 is 2.40 bits per heavy atom. The Balaban J connectivity index is 0.00000151. The third kappa shape index (κ3) is 5.47. The molecule has 140 valence electrons. The van der Waals surface area contributed by atoms with Crippen molar-refractivity contribution >= 4 is 16.9 Å². The number of aromatic carboxylic acids is 1. The lowest BCUT2D eigenvalue weighted by Crippen LogP contribution is -2.10. The number of carboxylic acid groups (broad SMARTS) is 1. The summed E-state index contributed by atoms with van der Waals surface area (Å²) in [5, 5.41) is 10.1. The highest BCUT2D eigenvalue weighted by atomic mass is 16.5. The normalized spacial score (nSPS) is 10.4. The highest BCUT2D eigenvalue weighted by Gasteiger charge is 2.15. The van der Waals surface area contributed by atoms with Gasteiger partial charge in [0.25, 0.3) is 0 Å². The molecule has 0 aliphatic rings. The van der Waals surface area contributed by atoms with E-state index in [2.05, 4.69) is 0 Å². The zero-order chi connectivity index (χ0) is 18.8. The Morgan fingerprint density at radius 1 is 1.12 bits per heavy atom. The molecule has 2 rings (SSSR count). The monoisotopic (exact) mass is 351 g/mol. The third-order valence-electron chi connectivity index (χ3n) is 3.71. The SMILES string of the molecule is CC.CCc1cc(OCCOCCOC)cc2cc(C(=O)O)n(C)c12. The highest BCUT2D eigenvalue weighted by Crippen LogP contribution is 2.28. The van der Waals surface area contributed by atoms with Crippen molar-refractivity contribution < 1.29 is 24.1 Å². The molecule has 0 aliphatic heterocycles.